The van der Waals surface area contributed by atoms with Crippen molar-refractivity contribution < 1.29 is 9.90 Å². The van der Waals surface area contributed by atoms with Gasteiger partial charge >= 0.3 is 5.97 Å². The Labute approximate surface area is 65.5 Å². The van der Waals surface area contributed by atoms with Crippen molar-refractivity contribution in [2.45, 2.75) is 6.92 Å². The molecule has 11 heavy (non-hydrogen) atoms. The number of aryl methyl sites for hydroxylation is 1. The molecule has 0 atom stereocenters. The summed E-state index contributed by atoms with van der Waals surface area (Å²) in [7, 11) is 5.43. The maximum Gasteiger partial charge on any atom is 0.354 e. The second-order valence-corrected chi connectivity index (χ2v) is 2.23. The summed E-state index contributed by atoms with van der Waals surface area (Å²) in [5, 5.41) is 8.50. The molecule has 0 amide bonds. The minimum atomic E-state index is -1.03. The van der Waals surface area contributed by atoms with Crippen LogP contribution in [-0.2, 0) is 0 Å². The minimum absolute atomic E-state index is 0.0247. The molecule has 4 heteroatoms. The summed E-state index contributed by atoms with van der Waals surface area (Å²) in [5.41, 5.74) is 1.27. The van der Waals surface area contributed by atoms with Gasteiger partial charge in [0.15, 0.2) is 0 Å². The molecule has 1 aromatic heterocycles. The Morgan fingerprint density at radius 2 is 2.36 bits per heavy atom. The van der Waals surface area contributed by atoms with E-state index in [1.54, 1.807) is 6.92 Å². The molecule has 0 aromatic carbocycles. The number of aromatic carboxylic acids is 1. The van der Waals surface area contributed by atoms with E-state index < -0.39 is 5.97 Å². The van der Waals surface area contributed by atoms with Crippen molar-refractivity contribution in [1.29, 1.82) is 0 Å². The predicted molar refractivity (Wildman–Crippen MR) is 41.3 cm³/mol. The smallest absolute Gasteiger partial charge is 0.354 e. The second kappa shape index (κ2) is 2.74. The number of carboxylic acids is 1. The molecule has 0 spiro atoms. The summed E-state index contributed by atoms with van der Waals surface area (Å²) in [5.74, 6) is -1.03. The zero-order valence-corrected chi connectivity index (χ0v) is 6.03. The highest BCUT2D eigenvalue weighted by molar-refractivity contribution is 6.33. The maximum atomic E-state index is 10.4. The summed E-state index contributed by atoms with van der Waals surface area (Å²) in [6, 6.07) is 1.44. The van der Waals surface area contributed by atoms with Crippen LogP contribution < -0.4 is 5.46 Å². The molecule has 0 unspecified atom stereocenters. The lowest BCUT2D eigenvalue weighted by Gasteiger charge is -1.99. The summed E-state index contributed by atoms with van der Waals surface area (Å²) < 4.78 is 0. The van der Waals surface area contributed by atoms with Gasteiger partial charge in [-0.1, -0.05) is 11.0 Å². The predicted octanol–water partition coefficient (Wildman–Crippen LogP) is -0.118. The Hall–Kier alpha value is -1.32. The first-order valence-electron chi connectivity index (χ1n) is 3.06. The van der Waals surface area contributed by atoms with Gasteiger partial charge < -0.3 is 5.11 Å². The zero-order valence-electron chi connectivity index (χ0n) is 6.03. The van der Waals surface area contributed by atoms with Gasteiger partial charge in [0, 0.05) is 6.20 Å². The Kier molecular flexibility index (Phi) is 1.94. The van der Waals surface area contributed by atoms with Crippen LogP contribution in [0.2, 0.25) is 0 Å². The van der Waals surface area contributed by atoms with Gasteiger partial charge in [0.1, 0.15) is 13.5 Å². The number of nitrogens with zero attached hydrogens (tertiary/aromatic N) is 1. The van der Waals surface area contributed by atoms with Crippen molar-refractivity contribution in [2.24, 2.45) is 0 Å². The Balaban J connectivity index is 3.15. The second-order valence-electron chi connectivity index (χ2n) is 2.23. The molecule has 1 rings (SSSR count). The van der Waals surface area contributed by atoms with Gasteiger partial charge in [0.05, 0.1) is 0 Å². The van der Waals surface area contributed by atoms with E-state index in [9.17, 15) is 4.79 Å². The van der Waals surface area contributed by atoms with E-state index >= 15 is 0 Å². The summed E-state index contributed by atoms with van der Waals surface area (Å²) >= 11 is 0. The SMILES string of the molecule is [B]c1cnc(C(=O)O)cc1C. The molecule has 0 aliphatic carbocycles. The monoisotopic (exact) mass is 147 g/mol. The topological polar surface area (TPSA) is 50.2 Å². The van der Waals surface area contributed by atoms with Crippen LogP contribution >= 0.6 is 0 Å². The third-order valence-corrected chi connectivity index (χ3v) is 1.37. The van der Waals surface area contributed by atoms with E-state index in [4.69, 9.17) is 13.0 Å². The van der Waals surface area contributed by atoms with Crippen LogP contribution in [0.4, 0.5) is 0 Å². The highest BCUT2D eigenvalue weighted by Gasteiger charge is 2.03. The van der Waals surface area contributed by atoms with Crippen molar-refractivity contribution in [3.63, 3.8) is 0 Å². The first kappa shape index (κ1) is 7.79. The van der Waals surface area contributed by atoms with Crippen LogP contribution in [0.3, 0.4) is 0 Å². The quantitative estimate of drug-likeness (QED) is 0.563. The largest absolute Gasteiger partial charge is 0.477 e. The van der Waals surface area contributed by atoms with E-state index in [-0.39, 0.29) is 5.69 Å². The fraction of sp³-hybridized carbons (Fsp3) is 0.143. The molecule has 0 aliphatic heterocycles. The fourth-order valence-corrected chi connectivity index (χ4v) is 0.684. The molecule has 54 valence electrons. The van der Waals surface area contributed by atoms with E-state index in [2.05, 4.69) is 4.98 Å². The minimum Gasteiger partial charge on any atom is -0.477 e. The molecule has 1 heterocycles. The molecule has 0 bridgehead atoms. The van der Waals surface area contributed by atoms with E-state index in [0.29, 0.717) is 5.46 Å². The van der Waals surface area contributed by atoms with Crippen molar-refractivity contribution in [1.82, 2.24) is 4.98 Å². The molecule has 1 N–H and O–H groups in total. The number of rotatable bonds is 1. The number of hydrogen-bond acceptors (Lipinski definition) is 2. The van der Waals surface area contributed by atoms with Gasteiger partial charge in [0.2, 0.25) is 0 Å². The molecule has 0 fully saturated rings. The first-order valence-corrected chi connectivity index (χ1v) is 3.06. The summed E-state index contributed by atoms with van der Waals surface area (Å²) in [6.45, 7) is 1.74. The highest BCUT2D eigenvalue weighted by Crippen LogP contribution is 1.96. The van der Waals surface area contributed by atoms with E-state index in [0.717, 1.165) is 5.56 Å². The fourth-order valence-electron chi connectivity index (χ4n) is 0.684. The van der Waals surface area contributed by atoms with E-state index in [1.807, 2.05) is 0 Å². The highest BCUT2D eigenvalue weighted by atomic mass is 16.4. The normalized spacial score (nSPS) is 9.55. The van der Waals surface area contributed by atoms with Crippen molar-refractivity contribution in [3.8, 4) is 0 Å². The number of aromatic nitrogens is 1. The van der Waals surface area contributed by atoms with Crippen molar-refractivity contribution in [2.75, 3.05) is 0 Å². The molecule has 0 aliphatic rings. The molecule has 1 aromatic rings. The Bertz CT molecular complexity index is 298. The third kappa shape index (κ3) is 1.58. The number of hydrogen-bond donors (Lipinski definition) is 1. The number of carboxylic acid groups (broad SMARTS) is 1. The van der Waals surface area contributed by atoms with Crippen molar-refractivity contribution >= 4 is 19.3 Å². The lowest BCUT2D eigenvalue weighted by atomic mass is 9.93. The van der Waals surface area contributed by atoms with Gasteiger partial charge in [-0.2, -0.15) is 0 Å². The van der Waals surface area contributed by atoms with Gasteiger partial charge in [-0.15, -0.1) is 0 Å². The van der Waals surface area contributed by atoms with Gasteiger partial charge in [-0.05, 0) is 13.0 Å². The van der Waals surface area contributed by atoms with Gasteiger partial charge in [-0.3, -0.25) is 0 Å². The van der Waals surface area contributed by atoms with E-state index in [1.165, 1.54) is 12.3 Å². The average Bonchev–Trinajstić information content (AvgIpc) is 1.94. The molecular formula is C7H6BNO2. The molecular weight excluding hydrogens is 141 g/mol. The van der Waals surface area contributed by atoms with Crippen LogP contribution in [0.15, 0.2) is 12.3 Å². The molecule has 0 saturated heterocycles. The maximum absolute atomic E-state index is 10.4. The first-order chi connectivity index (χ1) is 5.11. The van der Waals surface area contributed by atoms with Gasteiger partial charge in [0.25, 0.3) is 0 Å². The van der Waals surface area contributed by atoms with Crippen LogP contribution in [0.25, 0.3) is 0 Å². The summed E-state index contributed by atoms with van der Waals surface area (Å²) in [4.78, 5) is 14.0. The lowest BCUT2D eigenvalue weighted by Crippen LogP contribution is -2.11. The van der Waals surface area contributed by atoms with Crippen LogP contribution in [0, 0.1) is 6.92 Å². The zero-order chi connectivity index (χ0) is 8.43. The Morgan fingerprint density at radius 3 is 2.82 bits per heavy atom. The lowest BCUT2D eigenvalue weighted by molar-refractivity contribution is 0.0690. The van der Waals surface area contributed by atoms with Crippen LogP contribution in [0.1, 0.15) is 16.1 Å². The summed E-state index contributed by atoms with van der Waals surface area (Å²) in [6.07, 6.45) is 1.35. The Morgan fingerprint density at radius 1 is 1.73 bits per heavy atom. The average molecular weight is 147 g/mol. The number of carbonyl (C=O) groups is 1. The van der Waals surface area contributed by atoms with Crippen LogP contribution in [-0.4, -0.2) is 23.9 Å². The molecule has 0 saturated carbocycles. The molecule has 2 radical (unpaired) electrons. The number of pyridine rings is 1. The standard InChI is InChI=1S/C7H6BNO2/c1-4-2-6(7(10)11)9-3-5(4)8/h2-3H,1H3,(H,10,11). The van der Waals surface area contributed by atoms with Crippen LogP contribution in [0.5, 0.6) is 0 Å². The third-order valence-electron chi connectivity index (χ3n) is 1.37. The molecule has 3 nitrogen and oxygen atoms in total. The van der Waals surface area contributed by atoms with Crippen molar-refractivity contribution in [3.05, 3.63) is 23.5 Å². The van der Waals surface area contributed by atoms with Gasteiger partial charge in [-0.25, -0.2) is 9.78 Å².